The van der Waals surface area contributed by atoms with E-state index in [1.54, 1.807) is 12.1 Å². The van der Waals surface area contributed by atoms with Crippen LogP contribution in [-0.4, -0.2) is 21.5 Å². The molecule has 0 bridgehead atoms. The van der Waals surface area contributed by atoms with E-state index < -0.39 is 10.8 Å². The van der Waals surface area contributed by atoms with Crippen molar-refractivity contribution in [3.05, 3.63) is 35.4 Å². The number of rotatable bonds is 2. The molecule has 0 aromatic heterocycles. The SMILES string of the molecule is COc1cc(C2=NC=CS2=O)ccc1O. The van der Waals surface area contributed by atoms with Crippen LogP contribution in [0.4, 0.5) is 0 Å². The first-order valence-electron chi connectivity index (χ1n) is 4.25. The zero-order valence-electron chi connectivity index (χ0n) is 8.01. The Labute approximate surface area is 89.4 Å². The molecule has 5 heteroatoms. The van der Waals surface area contributed by atoms with E-state index in [1.807, 2.05) is 0 Å². The van der Waals surface area contributed by atoms with Crippen LogP contribution in [0.2, 0.25) is 0 Å². The number of hydrogen-bond donors (Lipinski definition) is 1. The molecule has 0 saturated carbocycles. The van der Waals surface area contributed by atoms with Crippen LogP contribution in [0.5, 0.6) is 11.5 Å². The third-order valence-electron chi connectivity index (χ3n) is 1.99. The van der Waals surface area contributed by atoms with Gasteiger partial charge in [-0.25, -0.2) is 9.20 Å². The van der Waals surface area contributed by atoms with Crippen molar-refractivity contribution in [2.24, 2.45) is 4.99 Å². The average Bonchev–Trinajstić information content (AvgIpc) is 2.65. The summed E-state index contributed by atoms with van der Waals surface area (Å²) >= 11 is 0. The van der Waals surface area contributed by atoms with Gasteiger partial charge in [0.05, 0.1) is 17.9 Å². The highest BCUT2D eigenvalue weighted by Crippen LogP contribution is 2.27. The molecule has 1 aliphatic heterocycles. The van der Waals surface area contributed by atoms with Gasteiger partial charge in [0.25, 0.3) is 0 Å². The number of nitrogens with zero attached hydrogens (tertiary/aromatic N) is 1. The molecule has 15 heavy (non-hydrogen) atoms. The van der Waals surface area contributed by atoms with Gasteiger partial charge in [0.1, 0.15) is 5.04 Å². The number of ether oxygens (including phenoxy) is 1. The molecule has 1 heterocycles. The summed E-state index contributed by atoms with van der Waals surface area (Å²) in [5.41, 5.74) is 0.688. The summed E-state index contributed by atoms with van der Waals surface area (Å²) < 4.78 is 16.4. The first-order valence-corrected chi connectivity index (χ1v) is 5.46. The second kappa shape index (κ2) is 3.86. The van der Waals surface area contributed by atoms with Crippen LogP contribution < -0.4 is 4.74 Å². The van der Waals surface area contributed by atoms with Crippen LogP contribution in [0.25, 0.3) is 0 Å². The van der Waals surface area contributed by atoms with Gasteiger partial charge in [-0.2, -0.15) is 0 Å². The van der Waals surface area contributed by atoms with Gasteiger partial charge in [-0.3, -0.25) is 0 Å². The molecular weight excluding hydrogens is 214 g/mol. The van der Waals surface area contributed by atoms with Crippen molar-refractivity contribution in [1.82, 2.24) is 0 Å². The minimum atomic E-state index is -1.20. The van der Waals surface area contributed by atoms with Crippen LogP contribution in [0, 0.1) is 0 Å². The van der Waals surface area contributed by atoms with Crippen molar-refractivity contribution in [2.75, 3.05) is 7.11 Å². The Morgan fingerprint density at radius 3 is 2.87 bits per heavy atom. The fraction of sp³-hybridized carbons (Fsp3) is 0.100. The molecule has 1 aliphatic rings. The molecule has 0 spiro atoms. The predicted molar refractivity (Wildman–Crippen MR) is 58.5 cm³/mol. The summed E-state index contributed by atoms with van der Waals surface area (Å²) in [4.78, 5) is 3.99. The van der Waals surface area contributed by atoms with Crippen molar-refractivity contribution in [1.29, 1.82) is 0 Å². The smallest absolute Gasteiger partial charge is 0.161 e. The molecule has 1 N–H and O–H groups in total. The van der Waals surface area contributed by atoms with Crippen molar-refractivity contribution in [3.8, 4) is 11.5 Å². The Bertz CT molecular complexity index is 480. The lowest BCUT2D eigenvalue weighted by Gasteiger charge is -2.05. The molecular formula is C10H9NO3S. The minimum Gasteiger partial charge on any atom is -0.504 e. The fourth-order valence-electron chi connectivity index (χ4n) is 1.27. The highest BCUT2D eigenvalue weighted by molar-refractivity contribution is 8.04. The first-order chi connectivity index (χ1) is 7.22. The maximum absolute atomic E-state index is 11.4. The predicted octanol–water partition coefficient (Wildman–Crippen LogP) is 1.38. The van der Waals surface area contributed by atoms with Crippen molar-refractivity contribution < 1.29 is 14.1 Å². The summed E-state index contributed by atoms with van der Waals surface area (Å²) in [6, 6.07) is 4.76. The maximum atomic E-state index is 11.4. The highest BCUT2D eigenvalue weighted by atomic mass is 32.2. The summed E-state index contributed by atoms with van der Waals surface area (Å²) in [7, 11) is 0.267. The Morgan fingerprint density at radius 2 is 2.27 bits per heavy atom. The minimum absolute atomic E-state index is 0.0542. The second-order valence-corrected chi connectivity index (χ2v) is 4.16. The van der Waals surface area contributed by atoms with E-state index in [2.05, 4.69) is 4.99 Å². The van der Waals surface area contributed by atoms with Crippen molar-refractivity contribution in [3.63, 3.8) is 0 Å². The lowest BCUT2D eigenvalue weighted by molar-refractivity contribution is 0.373. The third-order valence-corrected chi connectivity index (χ3v) is 3.08. The van der Waals surface area contributed by atoms with Gasteiger partial charge in [-0.1, -0.05) is 0 Å². The Balaban J connectivity index is 2.42. The van der Waals surface area contributed by atoms with E-state index >= 15 is 0 Å². The summed E-state index contributed by atoms with van der Waals surface area (Å²) in [6.45, 7) is 0. The van der Waals surface area contributed by atoms with Gasteiger partial charge in [-0.05, 0) is 18.2 Å². The van der Waals surface area contributed by atoms with Crippen LogP contribution in [0.1, 0.15) is 5.56 Å². The number of benzene rings is 1. The molecule has 0 amide bonds. The molecule has 1 unspecified atom stereocenters. The summed E-state index contributed by atoms with van der Waals surface area (Å²) in [5.74, 6) is 0.401. The zero-order chi connectivity index (χ0) is 10.8. The van der Waals surface area contributed by atoms with Crippen molar-refractivity contribution in [2.45, 2.75) is 0 Å². The Morgan fingerprint density at radius 1 is 1.47 bits per heavy atom. The monoisotopic (exact) mass is 223 g/mol. The zero-order valence-corrected chi connectivity index (χ0v) is 8.82. The van der Waals surface area contributed by atoms with Gasteiger partial charge in [-0.15, -0.1) is 0 Å². The van der Waals surface area contributed by atoms with E-state index in [9.17, 15) is 9.32 Å². The van der Waals surface area contributed by atoms with E-state index in [1.165, 1.54) is 24.8 Å². The molecule has 1 aromatic carbocycles. The highest BCUT2D eigenvalue weighted by Gasteiger charge is 2.15. The van der Waals surface area contributed by atoms with Crippen molar-refractivity contribution >= 4 is 15.8 Å². The number of aliphatic imine (C=N–C) groups is 1. The third kappa shape index (κ3) is 1.78. The number of phenolic OH excluding ortho intramolecular Hbond substituents is 1. The summed E-state index contributed by atoms with van der Waals surface area (Å²) in [6.07, 6.45) is 1.50. The molecule has 1 atom stereocenters. The topological polar surface area (TPSA) is 58.9 Å². The maximum Gasteiger partial charge on any atom is 0.161 e. The van der Waals surface area contributed by atoms with E-state index in [0.717, 1.165) is 0 Å². The average molecular weight is 223 g/mol. The standard InChI is InChI=1S/C10H9NO3S/c1-14-9-6-7(2-3-8(9)12)10-11-4-5-15(10)13/h2-6,12H,1H3. The van der Waals surface area contributed by atoms with Crippen LogP contribution in [0.3, 0.4) is 0 Å². The van der Waals surface area contributed by atoms with Crippen LogP contribution >= 0.6 is 0 Å². The van der Waals surface area contributed by atoms with Crippen LogP contribution in [-0.2, 0) is 10.8 Å². The second-order valence-electron chi connectivity index (χ2n) is 2.90. The van der Waals surface area contributed by atoms with Gasteiger partial charge < -0.3 is 9.84 Å². The van der Waals surface area contributed by atoms with Crippen LogP contribution in [0.15, 0.2) is 34.8 Å². The Kier molecular flexibility index (Phi) is 2.55. The molecule has 0 radical (unpaired) electrons. The molecule has 4 nitrogen and oxygen atoms in total. The van der Waals surface area contributed by atoms with E-state index in [-0.39, 0.29) is 5.75 Å². The molecule has 1 aromatic rings. The van der Waals surface area contributed by atoms with E-state index in [4.69, 9.17) is 4.74 Å². The molecule has 78 valence electrons. The number of phenols is 1. The number of hydrogen-bond acceptors (Lipinski definition) is 4. The lowest BCUT2D eigenvalue weighted by atomic mass is 10.2. The quantitative estimate of drug-likeness (QED) is 0.824. The number of methoxy groups -OCH3 is 1. The molecule has 0 aliphatic carbocycles. The lowest BCUT2D eigenvalue weighted by Crippen LogP contribution is -2.03. The van der Waals surface area contributed by atoms with Gasteiger partial charge >= 0.3 is 0 Å². The molecule has 2 rings (SSSR count). The first kappa shape index (κ1) is 9.92. The Hall–Kier alpha value is -1.62. The fourth-order valence-corrected chi connectivity index (χ4v) is 2.10. The van der Waals surface area contributed by atoms with E-state index in [0.29, 0.717) is 16.4 Å². The normalized spacial score (nSPS) is 19.0. The summed E-state index contributed by atoms with van der Waals surface area (Å²) in [5, 5.41) is 11.4. The van der Waals surface area contributed by atoms with Gasteiger partial charge in [0, 0.05) is 17.2 Å². The largest absolute Gasteiger partial charge is 0.504 e. The molecule has 0 fully saturated rings. The van der Waals surface area contributed by atoms with Gasteiger partial charge in [0.2, 0.25) is 0 Å². The number of aromatic hydroxyl groups is 1. The van der Waals surface area contributed by atoms with Gasteiger partial charge in [0.15, 0.2) is 11.5 Å². The molecule has 0 saturated heterocycles.